The van der Waals surface area contributed by atoms with Gasteiger partial charge in [0, 0.05) is 38.4 Å². The Hall–Kier alpha value is -2.57. The molecule has 0 radical (unpaired) electrons. The number of nitrogens with one attached hydrogen (secondary N) is 2. The quantitative estimate of drug-likeness (QED) is 0.671. The topological polar surface area (TPSA) is 56.8 Å². The normalized spacial score (nSPS) is 21.4. The second kappa shape index (κ2) is 10.2. The molecule has 4 rings (SSSR count). The molecule has 2 aliphatic heterocycles. The molecule has 2 aromatic carbocycles. The molecule has 0 aromatic heterocycles. The lowest BCUT2D eigenvalue weighted by Crippen LogP contribution is -2.51. The molecule has 0 saturated carbocycles. The average Bonchev–Trinajstić information content (AvgIpc) is 3.30. The van der Waals surface area contributed by atoms with Gasteiger partial charge in [-0.05, 0) is 42.7 Å². The molecule has 2 aliphatic rings. The van der Waals surface area contributed by atoms with Crippen molar-refractivity contribution in [2.75, 3.05) is 44.2 Å². The maximum absolute atomic E-state index is 13.3. The first kappa shape index (κ1) is 21.7. The van der Waals surface area contributed by atoms with Crippen molar-refractivity contribution in [3.8, 4) is 5.75 Å². The number of carbonyl (C=O) groups is 1. The molecule has 2 fully saturated rings. The van der Waals surface area contributed by atoms with E-state index in [2.05, 4.69) is 66.0 Å². The van der Waals surface area contributed by atoms with E-state index in [4.69, 9.17) is 4.74 Å². The van der Waals surface area contributed by atoms with Gasteiger partial charge in [-0.15, -0.1) is 0 Å². The second-order valence-electron chi connectivity index (χ2n) is 8.48. The van der Waals surface area contributed by atoms with Gasteiger partial charge in [0.05, 0.1) is 18.6 Å². The highest BCUT2D eigenvalue weighted by molar-refractivity contribution is 5.81. The lowest BCUT2D eigenvalue weighted by Gasteiger charge is -2.38. The van der Waals surface area contributed by atoms with Gasteiger partial charge in [0.15, 0.2) is 0 Å². The Morgan fingerprint density at radius 3 is 2.52 bits per heavy atom. The Balaban J connectivity index is 1.35. The Bertz CT molecular complexity index is 862. The van der Waals surface area contributed by atoms with Gasteiger partial charge in [0.1, 0.15) is 5.75 Å². The molecule has 31 heavy (non-hydrogen) atoms. The predicted molar refractivity (Wildman–Crippen MR) is 124 cm³/mol. The second-order valence-corrected chi connectivity index (χ2v) is 8.48. The zero-order valence-corrected chi connectivity index (χ0v) is 18.6. The van der Waals surface area contributed by atoms with Gasteiger partial charge in [-0.3, -0.25) is 10.2 Å². The molecule has 2 unspecified atom stereocenters. The molecular weight excluding hydrogens is 388 g/mol. The van der Waals surface area contributed by atoms with E-state index in [0.29, 0.717) is 6.54 Å². The van der Waals surface area contributed by atoms with Gasteiger partial charge in [-0.1, -0.05) is 43.7 Å². The summed E-state index contributed by atoms with van der Waals surface area (Å²) in [6.45, 7) is 8.97. The summed E-state index contributed by atoms with van der Waals surface area (Å²) in [5, 5.41) is 0. The molecule has 6 nitrogen and oxygen atoms in total. The molecule has 2 N–H and O–H groups in total. The summed E-state index contributed by atoms with van der Waals surface area (Å²) >= 11 is 0. The number of unbranched alkanes of at least 4 members (excludes halogenated alkanes) is 1. The first-order chi connectivity index (χ1) is 15.2. The van der Waals surface area contributed by atoms with Gasteiger partial charge in [0.2, 0.25) is 5.91 Å². The smallest absolute Gasteiger partial charge is 0.229 e. The number of anilines is 1. The van der Waals surface area contributed by atoms with Crippen LogP contribution in [0.15, 0.2) is 48.5 Å². The molecular formula is C25H34N4O2. The summed E-state index contributed by atoms with van der Waals surface area (Å²) in [5.74, 6) is 1.02. The maximum Gasteiger partial charge on any atom is 0.229 e. The van der Waals surface area contributed by atoms with E-state index < -0.39 is 0 Å². The molecule has 0 bridgehead atoms. The Morgan fingerprint density at radius 2 is 1.81 bits per heavy atom. The molecule has 2 heterocycles. The largest absolute Gasteiger partial charge is 0.494 e. The van der Waals surface area contributed by atoms with Crippen LogP contribution in [0.1, 0.15) is 36.9 Å². The van der Waals surface area contributed by atoms with Gasteiger partial charge in [-0.25, -0.2) is 5.43 Å². The van der Waals surface area contributed by atoms with Crippen LogP contribution in [-0.2, 0) is 4.79 Å². The SMILES string of the molecule is CCCCOc1ccc(C2NNCC2C(=O)N2CCN(c3ccccc3C)CC2)cc1. The summed E-state index contributed by atoms with van der Waals surface area (Å²) < 4.78 is 5.77. The molecule has 6 heteroatoms. The Kier molecular flexibility index (Phi) is 7.10. The predicted octanol–water partition coefficient (Wildman–Crippen LogP) is 3.29. The first-order valence-electron chi connectivity index (χ1n) is 11.5. The fraction of sp³-hybridized carbons (Fsp3) is 0.480. The third-order valence-corrected chi connectivity index (χ3v) is 6.35. The fourth-order valence-electron chi connectivity index (χ4n) is 4.47. The van der Waals surface area contributed by atoms with Crippen LogP contribution in [0, 0.1) is 12.8 Å². The zero-order valence-electron chi connectivity index (χ0n) is 18.6. The first-order valence-corrected chi connectivity index (χ1v) is 11.5. The molecule has 1 amide bonds. The summed E-state index contributed by atoms with van der Waals surface area (Å²) in [6, 6.07) is 16.6. The van der Waals surface area contributed by atoms with Crippen LogP contribution in [0.4, 0.5) is 5.69 Å². The Labute approximate surface area is 185 Å². The molecule has 2 aromatic rings. The van der Waals surface area contributed by atoms with Crippen LogP contribution >= 0.6 is 0 Å². The fourth-order valence-corrected chi connectivity index (χ4v) is 4.47. The number of nitrogens with zero attached hydrogens (tertiary/aromatic N) is 2. The van der Waals surface area contributed by atoms with E-state index >= 15 is 0 Å². The summed E-state index contributed by atoms with van der Waals surface area (Å²) in [7, 11) is 0. The van der Waals surface area contributed by atoms with Crippen molar-refractivity contribution in [2.24, 2.45) is 5.92 Å². The van der Waals surface area contributed by atoms with Crippen LogP contribution in [0.25, 0.3) is 0 Å². The minimum absolute atomic E-state index is 0.0217. The third kappa shape index (κ3) is 5.02. The minimum atomic E-state index is -0.100. The highest BCUT2D eigenvalue weighted by Crippen LogP contribution is 2.29. The van der Waals surface area contributed by atoms with E-state index in [0.717, 1.165) is 56.9 Å². The number of hydrazine groups is 1. The van der Waals surface area contributed by atoms with E-state index in [-0.39, 0.29) is 17.9 Å². The zero-order chi connectivity index (χ0) is 21.6. The molecule has 2 saturated heterocycles. The Morgan fingerprint density at radius 1 is 1.06 bits per heavy atom. The van der Waals surface area contributed by atoms with E-state index in [1.807, 2.05) is 17.0 Å². The van der Waals surface area contributed by atoms with Gasteiger partial charge in [0.25, 0.3) is 0 Å². The number of rotatable bonds is 7. The summed E-state index contributed by atoms with van der Waals surface area (Å²) in [5.41, 5.74) is 10.2. The lowest BCUT2D eigenvalue weighted by atomic mass is 9.93. The monoisotopic (exact) mass is 422 g/mol. The number of piperazine rings is 1. The van der Waals surface area contributed by atoms with Gasteiger partial charge in [-0.2, -0.15) is 0 Å². The molecule has 0 spiro atoms. The van der Waals surface area contributed by atoms with E-state index in [9.17, 15) is 4.79 Å². The summed E-state index contributed by atoms with van der Waals surface area (Å²) in [6.07, 6.45) is 2.18. The lowest BCUT2D eigenvalue weighted by molar-refractivity contribution is -0.135. The van der Waals surface area contributed by atoms with E-state index in [1.54, 1.807) is 0 Å². The number of amides is 1. The number of benzene rings is 2. The highest BCUT2D eigenvalue weighted by atomic mass is 16.5. The van der Waals surface area contributed by atoms with Crippen molar-refractivity contribution in [1.29, 1.82) is 0 Å². The van der Waals surface area contributed by atoms with Crippen molar-refractivity contribution in [3.05, 3.63) is 59.7 Å². The number of hydrogen-bond donors (Lipinski definition) is 2. The minimum Gasteiger partial charge on any atom is -0.494 e. The standard InChI is InChI=1S/C25H34N4O2/c1-3-4-17-31-21-11-9-20(10-12-21)24-22(18-26-27-24)25(30)29-15-13-28(14-16-29)23-8-6-5-7-19(23)2/h5-12,22,24,26-27H,3-4,13-18H2,1-2H3. The number of hydrogen-bond acceptors (Lipinski definition) is 5. The van der Waals surface area contributed by atoms with Crippen molar-refractivity contribution in [3.63, 3.8) is 0 Å². The van der Waals surface area contributed by atoms with Crippen molar-refractivity contribution >= 4 is 11.6 Å². The van der Waals surface area contributed by atoms with E-state index in [1.165, 1.54) is 11.3 Å². The third-order valence-electron chi connectivity index (χ3n) is 6.35. The molecule has 166 valence electrons. The number of ether oxygens (including phenoxy) is 1. The molecule has 2 atom stereocenters. The van der Waals surface area contributed by atoms with Crippen molar-refractivity contribution in [1.82, 2.24) is 15.8 Å². The van der Waals surface area contributed by atoms with Gasteiger partial charge < -0.3 is 14.5 Å². The maximum atomic E-state index is 13.3. The highest BCUT2D eigenvalue weighted by Gasteiger charge is 2.37. The average molecular weight is 423 g/mol. The van der Waals surface area contributed by atoms with Crippen LogP contribution in [-0.4, -0.2) is 50.1 Å². The number of carbonyl (C=O) groups excluding carboxylic acids is 1. The van der Waals surface area contributed by atoms with Crippen LogP contribution in [0.2, 0.25) is 0 Å². The van der Waals surface area contributed by atoms with Crippen LogP contribution < -0.4 is 20.5 Å². The van der Waals surface area contributed by atoms with Crippen LogP contribution in [0.5, 0.6) is 5.75 Å². The van der Waals surface area contributed by atoms with Gasteiger partial charge >= 0.3 is 0 Å². The number of aryl methyl sites for hydroxylation is 1. The summed E-state index contributed by atoms with van der Waals surface area (Å²) in [4.78, 5) is 17.8. The van der Waals surface area contributed by atoms with Crippen molar-refractivity contribution < 1.29 is 9.53 Å². The number of para-hydroxylation sites is 1. The van der Waals surface area contributed by atoms with Crippen molar-refractivity contribution in [2.45, 2.75) is 32.7 Å². The molecule has 0 aliphatic carbocycles. The van der Waals surface area contributed by atoms with Crippen LogP contribution in [0.3, 0.4) is 0 Å².